The van der Waals surface area contributed by atoms with Gasteiger partial charge in [-0.15, -0.1) is 0 Å². The zero-order valence-corrected chi connectivity index (χ0v) is 15.2. The van der Waals surface area contributed by atoms with Crippen LogP contribution in [0.15, 0.2) is 42.7 Å². The highest BCUT2D eigenvalue weighted by molar-refractivity contribution is 5.94. The van der Waals surface area contributed by atoms with Crippen molar-refractivity contribution in [3.8, 4) is 17.2 Å². The number of halogens is 2. The van der Waals surface area contributed by atoms with Crippen LogP contribution < -0.4 is 14.8 Å². The van der Waals surface area contributed by atoms with E-state index >= 15 is 0 Å². The van der Waals surface area contributed by atoms with E-state index in [0.717, 1.165) is 23.8 Å². The fourth-order valence-electron chi connectivity index (χ4n) is 3.41. The van der Waals surface area contributed by atoms with Gasteiger partial charge in [0.25, 0.3) is 0 Å². The Labute approximate surface area is 159 Å². The van der Waals surface area contributed by atoms with Gasteiger partial charge < -0.3 is 14.8 Å². The molecule has 1 amide bonds. The first kappa shape index (κ1) is 18.0. The molecule has 0 aliphatic carbocycles. The lowest BCUT2D eigenvalue weighted by atomic mass is 9.89. The molecule has 1 aliphatic rings. The predicted octanol–water partition coefficient (Wildman–Crippen LogP) is 3.64. The summed E-state index contributed by atoms with van der Waals surface area (Å²) in [5.41, 5.74) is 1.34. The third kappa shape index (κ3) is 2.96. The van der Waals surface area contributed by atoms with Crippen molar-refractivity contribution in [3.05, 3.63) is 65.6 Å². The monoisotopic (exact) mass is 385 g/mol. The maximum absolute atomic E-state index is 14.2. The van der Waals surface area contributed by atoms with E-state index in [1.54, 1.807) is 19.2 Å². The zero-order chi connectivity index (χ0) is 19.8. The Kier molecular flexibility index (Phi) is 4.46. The molecule has 0 spiro atoms. The number of ether oxygens (including phenoxy) is 2. The predicted molar refractivity (Wildman–Crippen MR) is 98.1 cm³/mol. The van der Waals surface area contributed by atoms with Crippen LogP contribution in [-0.2, 0) is 4.79 Å². The number of methoxy groups -OCH3 is 2. The largest absolute Gasteiger partial charge is 0.493 e. The van der Waals surface area contributed by atoms with Crippen LogP contribution in [0.5, 0.6) is 11.5 Å². The van der Waals surface area contributed by atoms with E-state index in [4.69, 9.17) is 9.47 Å². The van der Waals surface area contributed by atoms with Gasteiger partial charge in [0.1, 0.15) is 23.8 Å². The fourth-order valence-corrected chi connectivity index (χ4v) is 3.41. The molecule has 1 N–H and O–H groups in total. The number of amides is 1. The molecule has 6 nitrogen and oxygen atoms in total. The van der Waals surface area contributed by atoms with Gasteiger partial charge in [0.2, 0.25) is 5.91 Å². The van der Waals surface area contributed by atoms with Gasteiger partial charge in [-0.1, -0.05) is 6.07 Å². The molecule has 0 radical (unpaired) electrons. The molecule has 28 heavy (non-hydrogen) atoms. The number of carbonyl (C=O) groups is 1. The summed E-state index contributed by atoms with van der Waals surface area (Å²) in [5.74, 6) is -0.392. The molecular formula is C20H17F2N3O3. The summed E-state index contributed by atoms with van der Waals surface area (Å²) >= 11 is 0. The van der Waals surface area contributed by atoms with Crippen LogP contribution >= 0.6 is 0 Å². The molecule has 8 heteroatoms. The highest BCUT2D eigenvalue weighted by Gasteiger charge is 2.32. The Morgan fingerprint density at radius 2 is 1.89 bits per heavy atom. The highest BCUT2D eigenvalue weighted by atomic mass is 19.1. The average Bonchev–Trinajstić information content (AvgIpc) is 3.12. The van der Waals surface area contributed by atoms with Gasteiger partial charge in [-0.3, -0.25) is 9.36 Å². The first-order chi connectivity index (χ1) is 13.5. The van der Waals surface area contributed by atoms with Crippen LogP contribution in [0.1, 0.15) is 23.6 Å². The lowest BCUT2D eigenvalue weighted by Gasteiger charge is -2.24. The maximum Gasteiger partial charge on any atom is 0.226 e. The van der Waals surface area contributed by atoms with Crippen molar-refractivity contribution < 1.29 is 23.0 Å². The van der Waals surface area contributed by atoms with Crippen molar-refractivity contribution in [1.29, 1.82) is 0 Å². The number of aromatic nitrogens is 2. The summed E-state index contributed by atoms with van der Waals surface area (Å²) < 4.78 is 39.8. The SMILES string of the molecule is COc1ccc([C@H]2CC(=O)Nc3c2ncn3-c2cc(F)ccc2F)cc1OC. The fraction of sp³-hybridized carbons (Fsp3) is 0.200. The number of fused-ring (bicyclic) bond motifs is 1. The lowest BCUT2D eigenvalue weighted by Crippen LogP contribution is -2.25. The Morgan fingerprint density at radius 3 is 2.64 bits per heavy atom. The van der Waals surface area contributed by atoms with Gasteiger partial charge >= 0.3 is 0 Å². The normalized spacial score (nSPS) is 15.7. The van der Waals surface area contributed by atoms with Crippen LogP contribution in [-0.4, -0.2) is 29.7 Å². The minimum absolute atomic E-state index is 0.0259. The summed E-state index contributed by atoms with van der Waals surface area (Å²) in [6, 6.07) is 8.50. The number of carbonyl (C=O) groups excluding carboxylic acids is 1. The maximum atomic E-state index is 14.2. The molecule has 0 fully saturated rings. The summed E-state index contributed by atoms with van der Waals surface area (Å²) in [7, 11) is 3.07. The van der Waals surface area contributed by atoms with Gasteiger partial charge in [0, 0.05) is 18.4 Å². The molecule has 144 valence electrons. The summed E-state index contributed by atoms with van der Waals surface area (Å²) in [6.07, 6.45) is 1.55. The lowest BCUT2D eigenvalue weighted by molar-refractivity contribution is -0.116. The molecule has 0 bridgehead atoms. The minimum Gasteiger partial charge on any atom is -0.493 e. The molecule has 3 aromatic rings. The number of benzene rings is 2. The first-order valence-corrected chi connectivity index (χ1v) is 8.56. The van der Waals surface area contributed by atoms with Crippen LogP contribution in [0.4, 0.5) is 14.6 Å². The number of imidazole rings is 1. The van der Waals surface area contributed by atoms with E-state index in [1.807, 2.05) is 6.07 Å². The average molecular weight is 385 g/mol. The van der Waals surface area contributed by atoms with Crippen LogP contribution in [0.3, 0.4) is 0 Å². The van der Waals surface area contributed by atoms with E-state index in [0.29, 0.717) is 23.0 Å². The number of rotatable bonds is 4. The molecule has 1 atom stereocenters. The van der Waals surface area contributed by atoms with Crippen LogP contribution in [0.2, 0.25) is 0 Å². The molecule has 1 aromatic heterocycles. The van der Waals surface area contributed by atoms with Crippen LogP contribution in [0.25, 0.3) is 5.69 Å². The van der Waals surface area contributed by atoms with Crippen molar-refractivity contribution in [3.63, 3.8) is 0 Å². The molecular weight excluding hydrogens is 368 g/mol. The third-order valence-electron chi connectivity index (χ3n) is 4.75. The third-order valence-corrected chi connectivity index (χ3v) is 4.75. The van der Waals surface area contributed by atoms with Gasteiger partial charge in [-0.05, 0) is 29.8 Å². The highest BCUT2D eigenvalue weighted by Crippen LogP contribution is 2.40. The van der Waals surface area contributed by atoms with Crippen molar-refractivity contribution in [1.82, 2.24) is 9.55 Å². The Bertz CT molecular complexity index is 1060. The molecule has 0 saturated heterocycles. The van der Waals surface area contributed by atoms with Crippen LogP contribution in [0, 0.1) is 11.6 Å². The van der Waals surface area contributed by atoms with E-state index in [-0.39, 0.29) is 23.9 Å². The van der Waals surface area contributed by atoms with E-state index < -0.39 is 11.6 Å². The number of hydrogen-bond donors (Lipinski definition) is 1. The van der Waals surface area contributed by atoms with E-state index in [9.17, 15) is 13.6 Å². The van der Waals surface area contributed by atoms with Crippen molar-refractivity contribution in [2.75, 3.05) is 19.5 Å². The van der Waals surface area contributed by atoms with Crippen molar-refractivity contribution in [2.24, 2.45) is 0 Å². The Hall–Kier alpha value is -3.42. The van der Waals surface area contributed by atoms with E-state index in [1.165, 1.54) is 18.0 Å². The van der Waals surface area contributed by atoms with Crippen molar-refractivity contribution >= 4 is 11.7 Å². The molecule has 4 rings (SSSR count). The second-order valence-corrected chi connectivity index (χ2v) is 6.36. The standard InChI is InChI=1S/C20H17F2N3O3/c1-27-16-6-3-11(7-17(16)28-2)13-9-18(26)24-20-19(13)23-10-25(20)15-8-12(21)4-5-14(15)22/h3-8,10,13H,9H2,1-2H3,(H,24,26)/t13-/m1/s1. The molecule has 0 saturated carbocycles. The summed E-state index contributed by atoms with van der Waals surface area (Å²) in [5, 5.41) is 2.72. The van der Waals surface area contributed by atoms with Gasteiger partial charge in [-0.2, -0.15) is 0 Å². The number of nitrogens with one attached hydrogen (secondary N) is 1. The minimum atomic E-state index is -0.621. The smallest absolute Gasteiger partial charge is 0.226 e. The van der Waals surface area contributed by atoms with Gasteiger partial charge in [0.15, 0.2) is 11.5 Å². The Balaban J connectivity index is 1.82. The second kappa shape index (κ2) is 6.95. The number of anilines is 1. The quantitative estimate of drug-likeness (QED) is 0.745. The molecule has 1 aliphatic heterocycles. The molecule has 2 heterocycles. The Morgan fingerprint density at radius 1 is 1.11 bits per heavy atom. The number of hydrogen-bond acceptors (Lipinski definition) is 4. The van der Waals surface area contributed by atoms with E-state index in [2.05, 4.69) is 10.3 Å². The summed E-state index contributed by atoms with van der Waals surface area (Å²) in [6.45, 7) is 0. The van der Waals surface area contributed by atoms with Crippen molar-refractivity contribution in [2.45, 2.75) is 12.3 Å². The number of nitrogens with zero attached hydrogens (tertiary/aromatic N) is 2. The summed E-state index contributed by atoms with van der Waals surface area (Å²) in [4.78, 5) is 16.7. The van der Waals surface area contributed by atoms with Gasteiger partial charge in [-0.25, -0.2) is 13.8 Å². The molecule has 0 unspecified atom stereocenters. The molecule has 2 aromatic carbocycles. The zero-order valence-electron chi connectivity index (χ0n) is 15.2. The topological polar surface area (TPSA) is 65.4 Å². The first-order valence-electron chi connectivity index (χ1n) is 8.56. The van der Waals surface area contributed by atoms with Gasteiger partial charge in [0.05, 0.1) is 25.6 Å². The second-order valence-electron chi connectivity index (χ2n) is 6.36.